The number of hydrogen-bond acceptors (Lipinski definition) is 5. The van der Waals surface area contributed by atoms with Crippen LogP contribution in [0.5, 0.6) is 5.75 Å². The van der Waals surface area contributed by atoms with Crippen LogP contribution in [0.4, 0.5) is 0 Å². The molecule has 0 atom stereocenters. The van der Waals surface area contributed by atoms with Crippen molar-refractivity contribution in [2.75, 3.05) is 7.11 Å². The van der Waals surface area contributed by atoms with Gasteiger partial charge in [-0.05, 0) is 12.1 Å². The molecule has 0 saturated heterocycles. The van der Waals surface area contributed by atoms with Crippen LogP contribution < -0.4 is 0 Å². The Morgan fingerprint density at radius 1 is 1.44 bits per heavy atom. The largest absolute Gasteiger partial charge is 0.507 e. The van der Waals surface area contributed by atoms with E-state index in [9.17, 15) is 9.90 Å². The van der Waals surface area contributed by atoms with Gasteiger partial charge in [0.25, 0.3) is 0 Å². The molecule has 5 nitrogen and oxygen atoms in total. The van der Waals surface area contributed by atoms with Crippen molar-refractivity contribution in [1.82, 2.24) is 5.16 Å². The van der Waals surface area contributed by atoms with Crippen molar-refractivity contribution in [2.24, 2.45) is 0 Å². The van der Waals surface area contributed by atoms with Crippen LogP contribution in [0.3, 0.4) is 0 Å². The third-order valence-corrected chi connectivity index (χ3v) is 2.07. The van der Waals surface area contributed by atoms with E-state index in [-0.39, 0.29) is 11.4 Å². The molecule has 16 heavy (non-hydrogen) atoms. The Hall–Kier alpha value is -2.30. The molecule has 0 unspecified atom stereocenters. The molecular weight excluding hydrogens is 210 g/mol. The summed E-state index contributed by atoms with van der Waals surface area (Å²) in [7, 11) is 1.26. The Morgan fingerprint density at radius 3 is 2.88 bits per heavy atom. The van der Waals surface area contributed by atoms with E-state index in [4.69, 9.17) is 4.52 Å². The van der Waals surface area contributed by atoms with Crippen LogP contribution in [-0.4, -0.2) is 23.3 Å². The van der Waals surface area contributed by atoms with E-state index in [1.807, 2.05) is 0 Å². The maximum absolute atomic E-state index is 11.1. The van der Waals surface area contributed by atoms with Crippen LogP contribution >= 0.6 is 0 Å². The number of nitrogens with zero attached hydrogens (tertiary/aromatic N) is 1. The highest BCUT2D eigenvalue weighted by atomic mass is 16.5. The highest BCUT2D eigenvalue weighted by Gasteiger charge is 2.15. The van der Waals surface area contributed by atoms with Gasteiger partial charge in [-0.3, -0.25) is 0 Å². The van der Waals surface area contributed by atoms with Gasteiger partial charge >= 0.3 is 5.97 Å². The monoisotopic (exact) mass is 219 g/mol. The molecule has 5 heteroatoms. The minimum atomic E-state index is -0.578. The Labute approximate surface area is 91.3 Å². The summed E-state index contributed by atoms with van der Waals surface area (Å²) >= 11 is 0. The predicted octanol–water partition coefficient (Wildman–Crippen LogP) is 1.83. The van der Waals surface area contributed by atoms with Gasteiger partial charge in [0.05, 0.1) is 12.7 Å². The van der Waals surface area contributed by atoms with Gasteiger partial charge in [-0.15, -0.1) is 0 Å². The van der Waals surface area contributed by atoms with E-state index in [2.05, 4.69) is 9.89 Å². The number of para-hydroxylation sites is 1. The first-order chi connectivity index (χ1) is 7.72. The second kappa shape index (κ2) is 4.06. The van der Waals surface area contributed by atoms with Gasteiger partial charge in [0.1, 0.15) is 5.75 Å². The average molecular weight is 219 g/mol. The normalized spacial score (nSPS) is 10.1. The molecule has 0 amide bonds. The number of methoxy groups -OCH3 is 1. The van der Waals surface area contributed by atoms with Crippen molar-refractivity contribution in [3.05, 3.63) is 36.0 Å². The van der Waals surface area contributed by atoms with Gasteiger partial charge in [-0.2, -0.15) is 0 Å². The Morgan fingerprint density at radius 2 is 2.19 bits per heavy atom. The number of esters is 1. The fourth-order valence-corrected chi connectivity index (χ4v) is 1.28. The quantitative estimate of drug-likeness (QED) is 0.780. The lowest BCUT2D eigenvalue weighted by Gasteiger charge is -1.97. The van der Waals surface area contributed by atoms with Gasteiger partial charge in [0.15, 0.2) is 11.5 Å². The van der Waals surface area contributed by atoms with Crippen molar-refractivity contribution in [1.29, 1.82) is 0 Å². The number of benzene rings is 1. The Kier molecular flexibility index (Phi) is 2.59. The number of phenolic OH excluding ortho intramolecular Hbond substituents is 1. The molecule has 1 aromatic heterocycles. The lowest BCUT2D eigenvalue weighted by Crippen LogP contribution is -2.00. The van der Waals surface area contributed by atoms with E-state index in [0.29, 0.717) is 11.3 Å². The van der Waals surface area contributed by atoms with Crippen molar-refractivity contribution >= 4 is 5.97 Å². The molecule has 0 fully saturated rings. The molecule has 0 saturated carbocycles. The summed E-state index contributed by atoms with van der Waals surface area (Å²) in [5.41, 5.74) is 0.547. The maximum atomic E-state index is 11.1. The number of carbonyl (C=O) groups is 1. The maximum Gasteiger partial charge on any atom is 0.360 e. The third-order valence-electron chi connectivity index (χ3n) is 2.07. The Bertz CT molecular complexity index is 518. The zero-order chi connectivity index (χ0) is 11.5. The molecule has 1 N–H and O–H groups in total. The number of aromatic nitrogens is 1. The molecule has 0 aliphatic heterocycles. The fraction of sp³-hybridized carbons (Fsp3) is 0.0909. The number of aromatic hydroxyl groups is 1. The lowest BCUT2D eigenvalue weighted by atomic mass is 10.1. The van der Waals surface area contributed by atoms with Crippen molar-refractivity contribution in [3.8, 4) is 17.1 Å². The first kappa shape index (κ1) is 10.2. The molecule has 0 aliphatic carbocycles. The molecule has 0 bridgehead atoms. The molecule has 0 aliphatic rings. The summed E-state index contributed by atoms with van der Waals surface area (Å²) in [6, 6.07) is 8.04. The molecule has 2 rings (SSSR count). The van der Waals surface area contributed by atoms with Gasteiger partial charge in [0, 0.05) is 6.07 Å². The molecular formula is C11H9NO4. The number of carbonyl (C=O) groups excluding carboxylic acids is 1. The van der Waals surface area contributed by atoms with E-state index >= 15 is 0 Å². The van der Waals surface area contributed by atoms with Crippen LogP contribution in [0.2, 0.25) is 0 Å². The van der Waals surface area contributed by atoms with Crippen molar-refractivity contribution in [3.63, 3.8) is 0 Å². The smallest absolute Gasteiger partial charge is 0.360 e. The van der Waals surface area contributed by atoms with Gasteiger partial charge in [0.2, 0.25) is 0 Å². The van der Waals surface area contributed by atoms with E-state index < -0.39 is 5.97 Å². The standard InChI is InChI=1S/C11H9NO4/c1-15-11(14)8-6-10(16-12-8)7-4-2-3-5-9(7)13/h2-6,13H,1H3. The average Bonchev–Trinajstić information content (AvgIpc) is 2.78. The fourth-order valence-electron chi connectivity index (χ4n) is 1.28. The van der Waals surface area contributed by atoms with Crippen LogP contribution in [-0.2, 0) is 4.74 Å². The number of rotatable bonds is 2. The molecule has 2 aromatic rings. The molecule has 1 aromatic carbocycles. The van der Waals surface area contributed by atoms with Crippen LogP contribution in [0.1, 0.15) is 10.5 Å². The molecule has 82 valence electrons. The first-order valence-electron chi connectivity index (χ1n) is 4.56. The number of ether oxygens (including phenoxy) is 1. The highest BCUT2D eigenvalue weighted by Crippen LogP contribution is 2.28. The predicted molar refractivity (Wildman–Crippen MR) is 54.9 cm³/mol. The molecule has 0 radical (unpaired) electrons. The number of phenols is 1. The summed E-state index contributed by atoms with van der Waals surface area (Å²) in [5.74, 6) is -0.195. The van der Waals surface area contributed by atoms with Gasteiger partial charge in [-0.25, -0.2) is 4.79 Å². The summed E-state index contributed by atoms with van der Waals surface area (Å²) in [6.07, 6.45) is 0. The third kappa shape index (κ3) is 1.75. The molecule has 1 heterocycles. The second-order valence-corrected chi connectivity index (χ2v) is 3.09. The summed E-state index contributed by atoms with van der Waals surface area (Å²) < 4.78 is 9.44. The zero-order valence-corrected chi connectivity index (χ0v) is 8.51. The first-order valence-corrected chi connectivity index (χ1v) is 4.56. The van der Waals surface area contributed by atoms with Gasteiger partial charge in [-0.1, -0.05) is 17.3 Å². The van der Waals surface area contributed by atoms with E-state index in [0.717, 1.165) is 0 Å². The van der Waals surface area contributed by atoms with Crippen LogP contribution in [0, 0.1) is 0 Å². The van der Waals surface area contributed by atoms with Crippen LogP contribution in [0.25, 0.3) is 11.3 Å². The zero-order valence-electron chi connectivity index (χ0n) is 8.51. The topological polar surface area (TPSA) is 72.6 Å². The minimum Gasteiger partial charge on any atom is -0.507 e. The van der Waals surface area contributed by atoms with E-state index in [1.54, 1.807) is 18.2 Å². The lowest BCUT2D eigenvalue weighted by molar-refractivity contribution is 0.0589. The van der Waals surface area contributed by atoms with Gasteiger partial charge < -0.3 is 14.4 Å². The van der Waals surface area contributed by atoms with Crippen LogP contribution in [0.15, 0.2) is 34.9 Å². The van der Waals surface area contributed by atoms with E-state index in [1.165, 1.54) is 19.2 Å². The van der Waals surface area contributed by atoms with Crippen molar-refractivity contribution < 1.29 is 19.2 Å². The minimum absolute atomic E-state index is 0.0649. The highest BCUT2D eigenvalue weighted by molar-refractivity contribution is 5.88. The summed E-state index contributed by atoms with van der Waals surface area (Å²) in [5, 5.41) is 13.1. The summed E-state index contributed by atoms with van der Waals surface area (Å²) in [4.78, 5) is 11.1. The Balaban J connectivity index is 2.39. The number of hydrogen-bond donors (Lipinski definition) is 1. The second-order valence-electron chi connectivity index (χ2n) is 3.09. The molecule has 0 spiro atoms. The SMILES string of the molecule is COC(=O)c1cc(-c2ccccc2O)on1. The van der Waals surface area contributed by atoms with Crippen molar-refractivity contribution in [2.45, 2.75) is 0 Å². The summed E-state index contributed by atoms with van der Waals surface area (Å²) in [6.45, 7) is 0.